The monoisotopic (exact) mass is 389 g/mol. The molecule has 1 unspecified atom stereocenters. The Morgan fingerprint density at radius 2 is 1.71 bits per heavy atom. The fourth-order valence-electron chi connectivity index (χ4n) is 4.25. The summed E-state index contributed by atoms with van der Waals surface area (Å²) < 4.78 is 13.0. The number of halogens is 1. The van der Waals surface area contributed by atoms with Gasteiger partial charge in [0.2, 0.25) is 11.8 Å². The Balaban J connectivity index is 1.38. The molecule has 1 heterocycles. The highest BCUT2D eigenvalue weighted by Gasteiger charge is 2.25. The molecule has 0 aromatic heterocycles. The number of hydrogen-bond acceptors (Lipinski definition) is 3. The zero-order chi connectivity index (χ0) is 19.9. The molecule has 1 aromatic rings. The van der Waals surface area contributed by atoms with Gasteiger partial charge in [-0.3, -0.25) is 14.5 Å². The number of carbonyl (C=O) groups is 2. The Kier molecular flexibility index (Phi) is 7.43. The van der Waals surface area contributed by atoms with Crippen molar-refractivity contribution in [3.8, 4) is 0 Å². The number of amides is 2. The molecule has 0 radical (unpaired) electrons. The summed E-state index contributed by atoms with van der Waals surface area (Å²) in [4.78, 5) is 28.9. The van der Waals surface area contributed by atoms with Gasteiger partial charge in [0.1, 0.15) is 5.82 Å². The second kappa shape index (κ2) is 10.0. The number of nitrogens with zero attached hydrogens (tertiary/aromatic N) is 2. The van der Waals surface area contributed by atoms with Crippen LogP contribution in [0.15, 0.2) is 24.3 Å². The third kappa shape index (κ3) is 6.03. The molecule has 6 heteroatoms. The maximum absolute atomic E-state index is 13.0. The van der Waals surface area contributed by atoms with E-state index in [1.165, 1.54) is 44.2 Å². The van der Waals surface area contributed by atoms with Gasteiger partial charge in [-0.15, -0.1) is 0 Å². The average molecular weight is 390 g/mol. The molecule has 1 aliphatic carbocycles. The SMILES string of the molecule is CC(NC(=O)CN1CCN(C(=O)CC2CCCCC2)CC1)c1ccc(F)cc1. The minimum absolute atomic E-state index is 0.0428. The van der Waals surface area contributed by atoms with Crippen molar-refractivity contribution in [3.63, 3.8) is 0 Å². The summed E-state index contributed by atoms with van der Waals surface area (Å²) in [6.07, 6.45) is 6.91. The number of nitrogens with one attached hydrogen (secondary N) is 1. The lowest BCUT2D eigenvalue weighted by molar-refractivity contribution is -0.134. The van der Waals surface area contributed by atoms with Gasteiger partial charge in [-0.05, 0) is 43.4 Å². The van der Waals surface area contributed by atoms with Gasteiger partial charge in [-0.1, -0.05) is 31.4 Å². The minimum Gasteiger partial charge on any atom is -0.348 e. The van der Waals surface area contributed by atoms with Crippen molar-refractivity contribution in [1.29, 1.82) is 0 Å². The van der Waals surface area contributed by atoms with Crippen LogP contribution in [0.3, 0.4) is 0 Å². The number of carbonyl (C=O) groups excluding carboxylic acids is 2. The van der Waals surface area contributed by atoms with Crippen LogP contribution in [0.5, 0.6) is 0 Å². The zero-order valence-electron chi connectivity index (χ0n) is 16.8. The van der Waals surface area contributed by atoms with Crippen molar-refractivity contribution in [3.05, 3.63) is 35.6 Å². The molecule has 1 N–H and O–H groups in total. The molecule has 1 aliphatic heterocycles. The van der Waals surface area contributed by atoms with E-state index in [-0.39, 0.29) is 23.7 Å². The van der Waals surface area contributed by atoms with Crippen molar-refractivity contribution < 1.29 is 14.0 Å². The van der Waals surface area contributed by atoms with Crippen LogP contribution in [-0.2, 0) is 9.59 Å². The highest BCUT2D eigenvalue weighted by atomic mass is 19.1. The normalized spacial score (nSPS) is 20.0. The maximum atomic E-state index is 13.0. The highest BCUT2D eigenvalue weighted by molar-refractivity contribution is 5.79. The molecular weight excluding hydrogens is 357 g/mol. The third-order valence-electron chi connectivity index (χ3n) is 6.03. The van der Waals surface area contributed by atoms with E-state index in [1.54, 1.807) is 12.1 Å². The summed E-state index contributed by atoms with van der Waals surface area (Å²) in [6, 6.07) is 6.03. The first-order valence-electron chi connectivity index (χ1n) is 10.6. The van der Waals surface area contributed by atoms with Crippen molar-refractivity contribution in [2.75, 3.05) is 32.7 Å². The van der Waals surface area contributed by atoms with Crippen LogP contribution >= 0.6 is 0 Å². The molecule has 0 spiro atoms. The molecule has 154 valence electrons. The molecule has 1 saturated heterocycles. The number of hydrogen-bond donors (Lipinski definition) is 1. The van der Waals surface area contributed by atoms with Gasteiger partial charge in [-0.25, -0.2) is 4.39 Å². The van der Waals surface area contributed by atoms with E-state index in [0.717, 1.165) is 18.7 Å². The second-order valence-corrected chi connectivity index (χ2v) is 8.21. The summed E-state index contributed by atoms with van der Waals surface area (Å²) in [5.74, 6) is 0.524. The Hall–Kier alpha value is -1.95. The summed E-state index contributed by atoms with van der Waals surface area (Å²) >= 11 is 0. The predicted octanol–water partition coefficient (Wildman–Crippen LogP) is 3.12. The molecule has 0 bridgehead atoms. The van der Waals surface area contributed by atoms with Gasteiger partial charge in [0.05, 0.1) is 12.6 Å². The Morgan fingerprint density at radius 3 is 2.36 bits per heavy atom. The molecule has 2 fully saturated rings. The molecule has 2 amide bonds. The molecule has 2 aliphatic rings. The quantitative estimate of drug-likeness (QED) is 0.813. The van der Waals surface area contributed by atoms with E-state index in [0.29, 0.717) is 32.0 Å². The molecule has 5 nitrogen and oxygen atoms in total. The number of piperazine rings is 1. The van der Waals surface area contributed by atoms with Crippen LogP contribution in [0.25, 0.3) is 0 Å². The van der Waals surface area contributed by atoms with Crippen molar-refractivity contribution in [2.45, 2.75) is 51.5 Å². The van der Waals surface area contributed by atoms with Crippen LogP contribution < -0.4 is 5.32 Å². The fourth-order valence-corrected chi connectivity index (χ4v) is 4.25. The Morgan fingerprint density at radius 1 is 1.07 bits per heavy atom. The van der Waals surface area contributed by atoms with Gasteiger partial charge in [0.15, 0.2) is 0 Å². The summed E-state index contributed by atoms with van der Waals surface area (Å²) in [5.41, 5.74) is 0.882. The smallest absolute Gasteiger partial charge is 0.234 e. The van der Waals surface area contributed by atoms with E-state index in [9.17, 15) is 14.0 Å². The van der Waals surface area contributed by atoms with Gasteiger partial charge in [-0.2, -0.15) is 0 Å². The number of benzene rings is 1. The van der Waals surface area contributed by atoms with Gasteiger partial charge < -0.3 is 10.2 Å². The van der Waals surface area contributed by atoms with Crippen LogP contribution in [0.2, 0.25) is 0 Å². The average Bonchev–Trinajstić information content (AvgIpc) is 2.69. The van der Waals surface area contributed by atoms with E-state index >= 15 is 0 Å². The Labute approximate surface area is 167 Å². The second-order valence-electron chi connectivity index (χ2n) is 8.21. The van der Waals surface area contributed by atoms with Gasteiger partial charge in [0.25, 0.3) is 0 Å². The fraction of sp³-hybridized carbons (Fsp3) is 0.636. The van der Waals surface area contributed by atoms with Crippen molar-refractivity contribution >= 4 is 11.8 Å². The standard InChI is InChI=1S/C22H32FN3O2/c1-17(19-7-9-20(23)10-8-19)24-21(27)16-25-11-13-26(14-12-25)22(28)15-18-5-3-2-4-6-18/h7-10,17-18H,2-6,11-16H2,1H3,(H,24,27). The topological polar surface area (TPSA) is 52.7 Å². The summed E-state index contributed by atoms with van der Waals surface area (Å²) in [6.45, 7) is 5.09. The van der Waals surface area contributed by atoms with Gasteiger partial charge >= 0.3 is 0 Å². The van der Waals surface area contributed by atoms with E-state index in [2.05, 4.69) is 10.2 Å². The zero-order valence-corrected chi connectivity index (χ0v) is 16.8. The van der Waals surface area contributed by atoms with Crippen LogP contribution in [0, 0.1) is 11.7 Å². The van der Waals surface area contributed by atoms with Crippen molar-refractivity contribution in [1.82, 2.24) is 15.1 Å². The highest BCUT2D eigenvalue weighted by Crippen LogP contribution is 2.27. The maximum Gasteiger partial charge on any atom is 0.234 e. The lowest BCUT2D eigenvalue weighted by atomic mass is 9.86. The van der Waals surface area contributed by atoms with E-state index in [4.69, 9.17) is 0 Å². The lowest BCUT2D eigenvalue weighted by Crippen LogP contribution is -2.51. The molecule has 1 aromatic carbocycles. The summed E-state index contributed by atoms with van der Waals surface area (Å²) in [7, 11) is 0. The van der Waals surface area contributed by atoms with E-state index in [1.807, 2.05) is 11.8 Å². The van der Waals surface area contributed by atoms with E-state index < -0.39 is 0 Å². The lowest BCUT2D eigenvalue weighted by Gasteiger charge is -2.35. The van der Waals surface area contributed by atoms with Crippen LogP contribution in [0.1, 0.15) is 57.1 Å². The minimum atomic E-state index is -0.279. The molecular formula is C22H32FN3O2. The molecule has 28 heavy (non-hydrogen) atoms. The molecule has 1 atom stereocenters. The van der Waals surface area contributed by atoms with Gasteiger partial charge in [0, 0.05) is 32.6 Å². The van der Waals surface area contributed by atoms with Crippen molar-refractivity contribution in [2.24, 2.45) is 5.92 Å². The van der Waals surface area contributed by atoms with Crippen LogP contribution in [0.4, 0.5) is 4.39 Å². The van der Waals surface area contributed by atoms with Crippen LogP contribution in [-0.4, -0.2) is 54.3 Å². The molecule has 3 rings (SSSR count). The largest absolute Gasteiger partial charge is 0.348 e. The predicted molar refractivity (Wildman–Crippen MR) is 107 cm³/mol. The third-order valence-corrected chi connectivity index (χ3v) is 6.03. The molecule has 1 saturated carbocycles. The first kappa shape index (κ1) is 20.8. The first-order valence-corrected chi connectivity index (χ1v) is 10.6. The first-order chi connectivity index (χ1) is 13.5. The number of rotatable bonds is 6. The Bertz CT molecular complexity index is 650. The summed E-state index contributed by atoms with van der Waals surface area (Å²) in [5, 5.41) is 2.97.